The van der Waals surface area contributed by atoms with E-state index in [1.807, 2.05) is 32.9 Å². The van der Waals surface area contributed by atoms with Gasteiger partial charge in [-0.25, -0.2) is 9.59 Å². The number of aromatic nitrogens is 2. The minimum atomic E-state index is -0.940. The Morgan fingerprint density at radius 2 is 1.21 bits per heavy atom. The first-order valence-electron chi connectivity index (χ1n) is 17.1. The second-order valence-electron chi connectivity index (χ2n) is 12.8. The molecular formula is C37H48N6O9. The number of aromatic amines is 2. The molecule has 0 saturated carbocycles. The number of H-pyrrole nitrogens is 2. The smallest absolute Gasteiger partial charge is 0.406 e. The van der Waals surface area contributed by atoms with Crippen LogP contribution in [0.5, 0.6) is 0 Å². The SMILES string of the molecule is COC(=O)NCCC1=C(C)CN/C1=C\c1[nH]c(Cc2[nH]c(/C=C3\NC(=O)C(C)=C3CCNC(=O)OC)c(C)c2CCC(=O)O)c(CCC(=O)O)c1C. The van der Waals surface area contributed by atoms with Gasteiger partial charge in [-0.05, 0) is 105 Å². The number of carboxylic acids is 2. The zero-order chi connectivity index (χ0) is 38.1. The number of rotatable bonds is 16. The molecule has 0 atom stereocenters. The monoisotopic (exact) mass is 720 g/mol. The molecule has 4 rings (SSSR count). The zero-order valence-electron chi connectivity index (χ0n) is 30.5. The van der Waals surface area contributed by atoms with Gasteiger partial charge < -0.3 is 50.9 Å². The highest BCUT2D eigenvalue weighted by Crippen LogP contribution is 2.32. The molecule has 52 heavy (non-hydrogen) atoms. The maximum atomic E-state index is 12.7. The highest BCUT2D eigenvalue weighted by molar-refractivity contribution is 6.01. The molecule has 2 aliphatic heterocycles. The predicted octanol–water partition coefficient (Wildman–Crippen LogP) is 4.12. The number of hydrogen-bond donors (Lipinski definition) is 8. The van der Waals surface area contributed by atoms with Crippen LogP contribution in [0.2, 0.25) is 0 Å². The third-order valence-corrected chi connectivity index (χ3v) is 9.53. The van der Waals surface area contributed by atoms with Gasteiger partial charge in [-0.1, -0.05) is 0 Å². The number of nitrogens with one attached hydrogen (secondary N) is 6. The summed E-state index contributed by atoms with van der Waals surface area (Å²) in [6.45, 7) is 8.90. The van der Waals surface area contributed by atoms with E-state index in [0.29, 0.717) is 49.3 Å². The Morgan fingerprint density at radius 1 is 0.731 bits per heavy atom. The molecule has 0 aliphatic carbocycles. The largest absolute Gasteiger partial charge is 0.481 e. The van der Waals surface area contributed by atoms with E-state index in [-0.39, 0.29) is 38.1 Å². The van der Waals surface area contributed by atoms with Crippen LogP contribution in [-0.4, -0.2) is 84.1 Å². The molecule has 0 unspecified atom stereocenters. The van der Waals surface area contributed by atoms with Crippen molar-refractivity contribution in [3.8, 4) is 0 Å². The molecule has 0 fully saturated rings. The lowest BCUT2D eigenvalue weighted by Gasteiger charge is -2.08. The van der Waals surface area contributed by atoms with Crippen molar-refractivity contribution in [2.75, 3.05) is 33.9 Å². The highest BCUT2D eigenvalue weighted by atomic mass is 16.5. The number of allylic oxidation sites excluding steroid dienone is 2. The maximum Gasteiger partial charge on any atom is 0.406 e. The molecule has 0 aromatic carbocycles. The van der Waals surface area contributed by atoms with Crippen molar-refractivity contribution in [2.45, 2.75) is 72.6 Å². The van der Waals surface area contributed by atoms with Gasteiger partial charge in [-0.2, -0.15) is 0 Å². The van der Waals surface area contributed by atoms with Gasteiger partial charge in [0, 0.05) is 78.6 Å². The minimum Gasteiger partial charge on any atom is -0.481 e. The van der Waals surface area contributed by atoms with E-state index >= 15 is 0 Å². The Labute approximate surface area is 302 Å². The fourth-order valence-corrected chi connectivity index (χ4v) is 6.59. The van der Waals surface area contributed by atoms with Gasteiger partial charge in [0.25, 0.3) is 5.91 Å². The molecule has 0 bridgehead atoms. The number of aliphatic carboxylic acids is 2. The molecule has 4 heterocycles. The highest BCUT2D eigenvalue weighted by Gasteiger charge is 2.26. The van der Waals surface area contributed by atoms with E-state index < -0.39 is 24.1 Å². The van der Waals surface area contributed by atoms with Crippen molar-refractivity contribution >= 4 is 42.2 Å². The van der Waals surface area contributed by atoms with Crippen molar-refractivity contribution in [3.63, 3.8) is 0 Å². The molecule has 15 nitrogen and oxygen atoms in total. The number of carbonyl (C=O) groups is 5. The third-order valence-electron chi connectivity index (χ3n) is 9.53. The van der Waals surface area contributed by atoms with Crippen LogP contribution in [0.1, 0.15) is 84.6 Å². The van der Waals surface area contributed by atoms with Crippen molar-refractivity contribution in [2.24, 2.45) is 0 Å². The van der Waals surface area contributed by atoms with E-state index in [2.05, 4.69) is 40.7 Å². The first-order valence-corrected chi connectivity index (χ1v) is 17.1. The van der Waals surface area contributed by atoms with Crippen LogP contribution in [0, 0.1) is 13.8 Å². The summed E-state index contributed by atoms with van der Waals surface area (Å²) in [5.41, 5.74) is 11.4. The second kappa shape index (κ2) is 17.5. The Kier molecular flexibility index (Phi) is 13.1. The lowest BCUT2D eigenvalue weighted by molar-refractivity contribution is -0.138. The van der Waals surface area contributed by atoms with Crippen LogP contribution in [0.4, 0.5) is 9.59 Å². The summed E-state index contributed by atoms with van der Waals surface area (Å²) < 4.78 is 9.34. The average molecular weight is 721 g/mol. The summed E-state index contributed by atoms with van der Waals surface area (Å²) in [5.74, 6) is -2.11. The third kappa shape index (κ3) is 9.53. The van der Waals surface area contributed by atoms with Crippen LogP contribution in [-0.2, 0) is 43.1 Å². The van der Waals surface area contributed by atoms with Gasteiger partial charge >= 0.3 is 24.1 Å². The van der Waals surface area contributed by atoms with E-state index in [1.165, 1.54) is 14.2 Å². The van der Waals surface area contributed by atoms with Gasteiger partial charge in [-0.15, -0.1) is 0 Å². The molecule has 8 N–H and O–H groups in total. The maximum absolute atomic E-state index is 12.7. The van der Waals surface area contributed by atoms with E-state index in [9.17, 15) is 34.2 Å². The number of methoxy groups -OCH3 is 2. The summed E-state index contributed by atoms with van der Waals surface area (Å²) in [7, 11) is 2.59. The topological polar surface area (TPSA) is 224 Å². The summed E-state index contributed by atoms with van der Waals surface area (Å²) in [6.07, 6.45) is 4.43. The molecule has 0 radical (unpaired) electrons. The van der Waals surface area contributed by atoms with Gasteiger partial charge in [0.1, 0.15) is 0 Å². The van der Waals surface area contributed by atoms with Crippen molar-refractivity contribution in [1.82, 2.24) is 31.2 Å². The molecule has 280 valence electrons. The summed E-state index contributed by atoms with van der Waals surface area (Å²) in [5, 5.41) is 30.8. The Hall–Kier alpha value is -5.73. The van der Waals surface area contributed by atoms with Crippen molar-refractivity contribution in [1.29, 1.82) is 0 Å². The minimum absolute atomic E-state index is 0.0740. The normalized spacial score (nSPS) is 15.7. The molecule has 2 aromatic rings. The molecule has 2 aliphatic rings. The lowest BCUT2D eigenvalue weighted by atomic mass is 9.98. The number of ether oxygens (including phenoxy) is 2. The van der Waals surface area contributed by atoms with Crippen LogP contribution in [0.3, 0.4) is 0 Å². The first kappa shape index (κ1) is 39.1. The van der Waals surface area contributed by atoms with Crippen LogP contribution in [0.25, 0.3) is 12.2 Å². The number of carbonyl (C=O) groups excluding carboxylic acids is 3. The molecule has 0 saturated heterocycles. The van der Waals surface area contributed by atoms with Crippen molar-refractivity contribution < 1.29 is 43.7 Å². The van der Waals surface area contributed by atoms with Crippen LogP contribution in [0.15, 0.2) is 33.7 Å². The quantitative estimate of drug-likeness (QED) is 0.124. The van der Waals surface area contributed by atoms with Gasteiger partial charge in [-0.3, -0.25) is 14.4 Å². The lowest BCUT2D eigenvalue weighted by Crippen LogP contribution is -2.24. The van der Waals surface area contributed by atoms with Crippen molar-refractivity contribution in [3.05, 3.63) is 78.7 Å². The summed E-state index contributed by atoms with van der Waals surface area (Å²) >= 11 is 0. The molecule has 2 aromatic heterocycles. The predicted molar refractivity (Wildman–Crippen MR) is 193 cm³/mol. The summed E-state index contributed by atoms with van der Waals surface area (Å²) in [4.78, 5) is 66.3. The standard InChI is InChI=1S/C37H48N6O9/c1-19-18-40-29(23(19)11-13-38-36(49)51-5)15-27-20(2)24(7-9-33(44)45)30(41-27)17-31-25(8-10-34(46)47)21(3)28(42-31)16-32-26(22(4)35(48)43-32)12-14-39-37(50)52-6/h15-16,40-42H,7-14,17-18H2,1-6H3,(H,38,49)(H,39,50)(H,43,48)(H,44,45)(H,46,47)/b29-15-,32-16-. The van der Waals surface area contributed by atoms with Crippen LogP contribution >= 0.6 is 0 Å². The fourth-order valence-electron chi connectivity index (χ4n) is 6.59. The van der Waals surface area contributed by atoms with Gasteiger partial charge in [0.05, 0.1) is 14.2 Å². The first-order chi connectivity index (χ1) is 24.7. The number of carboxylic acid groups (broad SMARTS) is 2. The Balaban J connectivity index is 1.72. The fraction of sp³-hybridized carbons (Fsp3) is 0.432. The van der Waals surface area contributed by atoms with Gasteiger partial charge in [0.15, 0.2) is 0 Å². The zero-order valence-corrected chi connectivity index (χ0v) is 30.5. The van der Waals surface area contributed by atoms with E-state index in [4.69, 9.17) is 0 Å². The molecule has 15 heteroatoms. The van der Waals surface area contributed by atoms with E-state index in [0.717, 1.165) is 61.8 Å². The number of alkyl carbamates (subject to hydrolysis) is 2. The van der Waals surface area contributed by atoms with Crippen LogP contribution < -0.4 is 21.3 Å². The molecule has 3 amide bonds. The number of hydrogen-bond acceptors (Lipinski definition) is 8. The van der Waals surface area contributed by atoms with Gasteiger partial charge in [0.2, 0.25) is 0 Å². The molecule has 0 spiro atoms. The number of amides is 3. The molecular weight excluding hydrogens is 672 g/mol. The second-order valence-corrected chi connectivity index (χ2v) is 12.8. The summed E-state index contributed by atoms with van der Waals surface area (Å²) in [6, 6.07) is 0. The Bertz CT molecular complexity index is 1870. The average Bonchev–Trinajstić information content (AvgIpc) is 3.78. The van der Waals surface area contributed by atoms with E-state index in [1.54, 1.807) is 6.92 Å². The Morgan fingerprint density at radius 3 is 1.69 bits per heavy atom.